The third kappa shape index (κ3) is 6.24. The smallest absolute Gasteiger partial charge is 0.242 e. The molecule has 2 aromatic rings. The van der Waals surface area contributed by atoms with Crippen LogP contribution in [0.25, 0.3) is 0 Å². The molecule has 26 heavy (non-hydrogen) atoms. The van der Waals surface area contributed by atoms with E-state index in [2.05, 4.69) is 31.2 Å². The Bertz CT molecular complexity index is 768. The number of unbranched alkanes of at least 4 members (excludes halogenated alkanes) is 2. The Morgan fingerprint density at radius 2 is 1.42 bits per heavy atom. The Morgan fingerprint density at radius 3 is 2.04 bits per heavy atom. The van der Waals surface area contributed by atoms with E-state index in [-0.39, 0.29) is 0 Å². The average Bonchev–Trinajstić information content (AvgIpc) is 2.62. The van der Waals surface area contributed by atoms with E-state index in [1.54, 1.807) is 19.2 Å². The molecule has 0 radical (unpaired) electrons. The quantitative estimate of drug-likeness (QED) is 0.581. The molecule has 142 valence electrons. The molecule has 0 saturated carbocycles. The molecular formula is C21H29NO3S. The SMILES string of the molecule is Cc1ccc(COCCCCCN(C)S(=O)(=O)c2ccc(C)cc2)cc1. The molecule has 0 N–H and O–H groups in total. The summed E-state index contributed by atoms with van der Waals surface area (Å²) in [5.74, 6) is 0. The van der Waals surface area contributed by atoms with E-state index < -0.39 is 10.0 Å². The highest BCUT2D eigenvalue weighted by atomic mass is 32.2. The number of rotatable bonds is 10. The number of ether oxygens (including phenoxy) is 1. The van der Waals surface area contributed by atoms with Gasteiger partial charge in [-0.15, -0.1) is 0 Å². The summed E-state index contributed by atoms with van der Waals surface area (Å²) in [4.78, 5) is 0.354. The Balaban J connectivity index is 1.64. The second-order valence-electron chi connectivity index (χ2n) is 6.74. The molecule has 0 fully saturated rings. The van der Waals surface area contributed by atoms with Crippen LogP contribution in [0.3, 0.4) is 0 Å². The zero-order valence-electron chi connectivity index (χ0n) is 15.9. The van der Waals surface area contributed by atoms with Crippen LogP contribution in [0.2, 0.25) is 0 Å². The first-order valence-electron chi connectivity index (χ1n) is 9.06. The van der Waals surface area contributed by atoms with Crippen LogP contribution in [-0.4, -0.2) is 32.9 Å². The van der Waals surface area contributed by atoms with Crippen molar-refractivity contribution in [3.63, 3.8) is 0 Å². The average molecular weight is 376 g/mol. The summed E-state index contributed by atoms with van der Waals surface area (Å²) in [7, 11) is -1.75. The minimum atomic E-state index is -3.39. The number of hydrogen-bond acceptors (Lipinski definition) is 3. The van der Waals surface area contributed by atoms with E-state index in [1.165, 1.54) is 15.4 Å². The highest BCUT2D eigenvalue weighted by Gasteiger charge is 2.19. The van der Waals surface area contributed by atoms with E-state index in [1.807, 2.05) is 19.1 Å². The summed E-state index contributed by atoms with van der Waals surface area (Å²) in [6.07, 6.45) is 2.71. The first-order valence-corrected chi connectivity index (χ1v) is 10.5. The molecule has 0 aliphatic rings. The third-order valence-electron chi connectivity index (χ3n) is 4.38. The predicted molar refractivity (Wildman–Crippen MR) is 106 cm³/mol. The zero-order valence-corrected chi connectivity index (χ0v) is 16.8. The second kappa shape index (κ2) is 9.86. The molecule has 2 rings (SSSR count). The molecule has 0 unspecified atom stereocenters. The first-order chi connectivity index (χ1) is 12.4. The molecule has 5 heteroatoms. The molecule has 0 spiro atoms. The van der Waals surface area contributed by atoms with Crippen LogP contribution < -0.4 is 0 Å². The highest BCUT2D eigenvalue weighted by molar-refractivity contribution is 7.89. The van der Waals surface area contributed by atoms with E-state index in [4.69, 9.17) is 4.74 Å². The van der Waals surface area contributed by atoms with Crippen LogP contribution >= 0.6 is 0 Å². The lowest BCUT2D eigenvalue weighted by atomic mass is 10.2. The molecule has 0 bridgehead atoms. The van der Waals surface area contributed by atoms with Crippen molar-refractivity contribution in [2.75, 3.05) is 20.2 Å². The van der Waals surface area contributed by atoms with Gasteiger partial charge in [-0.2, -0.15) is 0 Å². The fourth-order valence-electron chi connectivity index (χ4n) is 2.60. The van der Waals surface area contributed by atoms with Gasteiger partial charge in [0.05, 0.1) is 11.5 Å². The van der Waals surface area contributed by atoms with Crippen LogP contribution in [0.1, 0.15) is 36.0 Å². The van der Waals surface area contributed by atoms with Gasteiger partial charge in [0.15, 0.2) is 0 Å². The summed E-state index contributed by atoms with van der Waals surface area (Å²) >= 11 is 0. The summed E-state index contributed by atoms with van der Waals surface area (Å²) in [6, 6.07) is 15.3. The third-order valence-corrected chi connectivity index (χ3v) is 6.25. The molecule has 0 aromatic heterocycles. The summed E-state index contributed by atoms with van der Waals surface area (Å²) in [5.41, 5.74) is 3.48. The summed E-state index contributed by atoms with van der Waals surface area (Å²) in [6.45, 7) is 5.86. The normalized spacial score (nSPS) is 11.8. The first kappa shape index (κ1) is 20.6. The van der Waals surface area contributed by atoms with Crippen molar-refractivity contribution in [3.8, 4) is 0 Å². The lowest BCUT2D eigenvalue weighted by molar-refractivity contribution is 0.116. The van der Waals surface area contributed by atoms with Crippen molar-refractivity contribution in [3.05, 3.63) is 65.2 Å². The van der Waals surface area contributed by atoms with Gasteiger partial charge in [-0.05, 0) is 50.8 Å². The van der Waals surface area contributed by atoms with Crippen molar-refractivity contribution in [2.45, 2.75) is 44.6 Å². The van der Waals surface area contributed by atoms with Crippen molar-refractivity contribution >= 4 is 10.0 Å². The number of sulfonamides is 1. The molecule has 2 aromatic carbocycles. The van der Waals surface area contributed by atoms with E-state index in [0.29, 0.717) is 24.7 Å². The Hall–Kier alpha value is -1.69. The lowest BCUT2D eigenvalue weighted by Crippen LogP contribution is -2.28. The molecule has 0 saturated heterocycles. The van der Waals surface area contributed by atoms with E-state index in [9.17, 15) is 8.42 Å². The van der Waals surface area contributed by atoms with Gasteiger partial charge in [-0.1, -0.05) is 47.5 Å². The van der Waals surface area contributed by atoms with Gasteiger partial charge in [-0.25, -0.2) is 12.7 Å². The zero-order chi connectivity index (χ0) is 19.0. The molecular weight excluding hydrogens is 346 g/mol. The van der Waals surface area contributed by atoms with E-state index >= 15 is 0 Å². The molecule has 4 nitrogen and oxygen atoms in total. The van der Waals surface area contributed by atoms with Crippen molar-refractivity contribution in [1.29, 1.82) is 0 Å². The lowest BCUT2D eigenvalue weighted by Gasteiger charge is -2.17. The van der Waals surface area contributed by atoms with Gasteiger partial charge >= 0.3 is 0 Å². The maximum Gasteiger partial charge on any atom is 0.242 e. The van der Waals surface area contributed by atoms with Gasteiger partial charge in [-0.3, -0.25) is 0 Å². The van der Waals surface area contributed by atoms with Crippen LogP contribution in [0, 0.1) is 13.8 Å². The second-order valence-corrected chi connectivity index (χ2v) is 8.78. The minimum Gasteiger partial charge on any atom is -0.377 e. The largest absolute Gasteiger partial charge is 0.377 e. The van der Waals surface area contributed by atoms with Gasteiger partial charge < -0.3 is 4.74 Å². The number of benzene rings is 2. The Labute approximate surface area is 157 Å². The molecule has 0 atom stereocenters. The maximum atomic E-state index is 12.5. The fraction of sp³-hybridized carbons (Fsp3) is 0.429. The topological polar surface area (TPSA) is 46.6 Å². The standard InChI is InChI=1S/C21H29NO3S/c1-18-7-11-20(12-8-18)17-25-16-6-4-5-15-22(3)26(23,24)21-13-9-19(2)10-14-21/h7-14H,4-6,15-17H2,1-3H3. The van der Waals surface area contributed by atoms with Crippen molar-refractivity contribution in [1.82, 2.24) is 4.31 Å². The fourth-order valence-corrected chi connectivity index (χ4v) is 3.81. The van der Waals surface area contributed by atoms with Crippen LogP contribution in [0.4, 0.5) is 0 Å². The molecule has 0 aliphatic heterocycles. The highest BCUT2D eigenvalue weighted by Crippen LogP contribution is 2.15. The van der Waals surface area contributed by atoms with Crippen molar-refractivity contribution < 1.29 is 13.2 Å². The predicted octanol–water partition coefficient (Wildman–Crippen LogP) is 4.31. The van der Waals surface area contributed by atoms with Gasteiger partial charge in [0.25, 0.3) is 0 Å². The van der Waals surface area contributed by atoms with Gasteiger partial charge in [0, 0.05) is 20.2 Å². The van der Waals surface area contributed by atoms with Gasteiger partial charge in [0.1, 0.15) is 0 Å². The number of hydrogen-bond donors (Lipinski definition) is 0. The summed E-state index contributed by atoms with van der Waals surface area (Å²) in [5, 5.41) is 0. The number of aryl methyl sites for hydroxylation is 2. The monoisotopic (exact) mass is 375 g/mol. The molecule has 0 heterocycles. The van der Waals surface area contributed by atoms with E-state index in [0.717, 1.165) is 24.8 Å². The number of nitrogens with zero attached hydrogens (tertiary/aromatic N) is 1. The van der Waals surface area contributed by atoms with Crippen LogP contribution in [0.5, 0.6) is 0 Å². The summed E-state index contributed by atoms with van der Waals surface area (Å²) < 4.78 is 32.1. The van der Waals surface area contributed by atoms with Crippen LogP contribution in [-0.2, 0) is 21.4 Å². The van der Waals surface area contributed by atoms with Crippen LogP contribution in [0.15, 0.2) is 53.4 Å². The minimum absolute atomic E-state index is 0.354. The Morgan fingerprint density at radius 1 is 0.846 bits per heavy atom. The molecule has 0 amide bonds. The van der Waals surface area contributed by atoms with Gasteiger partial charge in [0.2, 0.25) is 10.0 Å². The molecule has 0 aliphatic carbocycles. The Kier molecular flexibility index (Phi) is 7.82. The maximum absolute atomic E-state index is 12.5. The van der Waals surface area contributed by atoms with Crippen molar-refractivity contribution in [2.24, 2.45) is 0 Å².